The summed E-state index contributed by atoms with van der Waals surface area (Å²) in [6.45, 7) is 1.01. The molecule has 2 heterocycles. The molecule has 0 fully saturated rings. The van der Waals surface area contributed by atoms with Crippen molar-refractivity contribution in [1.29, 1.82) is 0 Å². The Morgan fingerprint density at radius 2 is 1.88 bits per heavy atom. The first kappa shape index (κ1) is 16.1. The summed E-state index contributed by atoms with van der Waals surface area (Å²) in [5, 5.41) is 0. The second kappa shape index (κ2) is 6.51. The number of rotatable bonds is 3. The van der Waals surface area contributed by atoms with Gasteiger partial charge in [0.05, 0.1) is 6.20 Å². The average Bonchev–Trinajstić information content (AvgIpc) is 2.67. The maximum Gasteiger partial charge on any atom is 0.184 e. The highest BCUT2D eigenvalue weighted by Gasteiger charge is 2.18. The standard InChI is InChI=1S/C19H17FN4O2/c1-24(14-5-6-16-17(10-14)26-8-7-25-16)19-15(20)11-22-18(23-19)12-3-2-4-13(21)9-12/h2-6,9-11H,7-8,21H2,1H3. The van der Waals surface area contributed by atoms with Crippen molar-refractivity contribution in [1.82, 2.24) is 9.97 Å². The highest BCUT2D eigenvalue weighted by atomic mass is 19.1. The third kappa shape index (κ3) is 2.99. The monoisotopic (exact) mass is 352 g/mol. The first-order chi connectivity index (χ1) is 12.6. The van der Waals surface area contributed by atoms with E-state index in [1.807, 2.05) is 18.2 Å². The number of hydrogen-bond donors (Lipinski definition) is 1. The molecular formula is C19H17FN4O2. The zero-order chi connectivity index (χ0) is 18.1. The lowest BCUT2D eigenvalue weighted by atomic mass is 10.2. The van der Waals surface area contributed by atoms with E-state index in [1.54, 1.807) is 36.2 Å². The van der Waals surface area contributed by atoms with Crippen LogP contribution < -0.4 is 20.1 Å². The Balaban J connectivity index is 1.71. The summed E-state index contributed by atoms with van der Waals surface area (Å²) in [7, 11) is 1.74. The van der Waals surface area contributed by atoms with Crippen molar-refractivity contribution < 1.29 is 13.9 Å². The van der Waals surface area contributed by atoms with Crippen LogP contribution in [-0.2, 0) is 0 Å². The van der Waals surface area contributed by atoms with E-state index < -0.39 is 5.82 Å². The van der Waals surface area contributed by atoms with Crippen molar-refractivity contribution in [3.05, 3.63) is 54.5 Å². The molecular weight excluding hydrogens is 335 g/mol. The summed E-state index contributed by atoms with van der Waals surface area (Å²) in [6.07, 6.45) is 1.16. The number of fused-ring (bicyclic) bond motifs is 1. The molecule has 0 radical (unpaired) electrons. The lowest BCUT2D eigenvalue weighted by Crippen LogP contribution is -2.17. The molecule has 4 rings (SSSR count). The number of hydrogen-bond acceptors (Lipinski definition) is 6. The van der Waals surface area contributed by atoms with Gasteiger partial charge in [-0.25, -0.2) is 14.4 Å². The molecule has 2 N–H and O–H groups in total. The summed E-state index contributed by atoms with van der Waals surface area (Å²) in [4.78, 5) is 10.1. The normalized spacial score (nSPS) is 12.7. The van der Waals surface area contributed by atoms with Gasteiger partial charge in [0.15, 0.2) is 29.0 Å². The van der Waals surface area contributed by atoms with Crippen molar-refractivity contribution in [2.75, 3.05) is 30.9 Å². The summed E-state index contributed by atoms with van der Waals surface area (Å²) in [5.41, 5.74) is 7.86. The van der Waals surface area contributed by atoms with Gasteiger partial charge in [0.2, 0.25) is 0 Å². The van der Waals surface area contributed by atoms with Crippen LogP contribution in [0.5, 0.6) is 11.5 Å². The maximum atomic E-state index is 14.4. The van der Waals surface area contributed by atoms with Crippen LogP contribution in [-0.4, -0.2) is 30.2 Å². The van der Waals surface area contributed by atoms with Gasteiger partial charge in [-0.1, -0.05) is 12.1 Å². The minimum absolute atomic E-state index is 0.161. The van der Waals surface area contributed by atoms with E-state index in [0.29, 0.717) is 36.2 Å². The highest BCUT2D eigenvalue weighted by Crippen LogP contribution is 2.36. The van der Waals surface area contributed by atoms with E-state index in [4.69, 9.17) is 15.2 Å². The minimum atomic E-state index is -0.518. The molecule has 0 amide bonds. The molecule has 0 unspecified atom stereocenters. The number of ether oxygens (including phenoxy) is 2. The number of aromatic nitrogens is 2. The molecule has 0 saturated heterocycles. The van der Waals surface area contributed by atoms with Crippen molar-refractivity contribution in [3.63, 3.8) is 0 Å². The van der Waals surface area contributed by atoms with Gasteiger partial charge in [0.1, 0.15) is 13.2 Å². The largest absolute Gasteiger partial charge is 0.486 e. The van der Waals surface area contributed by atoms with E-state index in [-0.39, 0.29) is 5.82 Å². The first-order valence-corrected chi connectivity index (χ1v) is 8.13. The number of halogens is 1. The molecule has 0 bridgehead atoms. The Labute approximate surface area is 150 Å². The number of anilines is 3. The first-order valence-electron chi connectivity index (χ1n) is 8.13. The molecule has 1 aliphatic heterocycles. The van der Waals surface area contributed by atoms with Gasteiger partial charge >= 0.3 is 0 Å². The molecule has 132 valence electrons. The summed E-state index contributed by atoms with van der Waals surface area (Å²) in [5.74, 6) is 1.35. The van der Waals surface area contributed by atoms with Gasteiger partial charge in [0, 0.05) is 30.1 Å². The summed E-state index contributed by atoms with van der Waals surface area (Å²) >= 11 is 0. The van der Waals surface area contributed by atoms with Crippen LogP contribution in [0.2, 0.25) is 0 Å². The molecule has 2 aromatic carbocycles. The Morgan fingerprint density at radius 3 is 2.69 bits per heavy atom. The summed E-state index contributed by atoms with van der Waals surface area (Å²) in [6, 6.07) is 12.6. The topological polar surface area (TPSA) is 73.5 Å². The van der Waals surface area contributed by atoms with Crippen molar-refractivity contribution in [3.8, 4) is 22.9 Å². The van der Waals surface area contributed by atoms with Gasteiger partial charge in [-0.05, 0) is 24.3 Å². The number of nitrogen functional groups attached to an aromatic ring is 1. The predicted octanol–water partition coefficient (Wildman–Crippen LogP) is 3.40. The van der Waals surface area contributed by atoms with E-state index >= 15 is 0 Å². The molecule has 1 aliphatic rings. The fourth-order valence-corrected chi connectivity index (χ4v) is 2.77. The Bertz CT molecular complexity index is 964. The van der Waals surface area contributed by atoms with Crippen LogP contribution in [0.25, 0.3) is 11.4 Å². The SMILES string of the molecule is CN(c1ccc2c(c1)OCCO2)c1nc(-c2cccc(N)c2)ncc1F. The Morgan fingerprint density at radius 1 is 1.08 bits per heavy atom. The zero-order valence-electron chi connectivity index (χ0n) is 14.1. The molecule has 7 heteroatoms. The molecule has 6 nitrogen and oxygen atoms in total. The van der Waals surface area contributed by atoms with E-state index in [0.717, 1.165) is 17.4 Å². The molecule has 0 saturated carbocycles. The van der Waals surface area contributed by atoms with Crippen LogP contribution in [0.15, 0.2) is 48.7 Å². The van der Waals surface area contributed by atoms with Crippen LogP contribution in [0.1, 0.15) is 0 Å². The van der Waals surface area contributed by atoms with Crippen LogP contribution in [0.4, 0.5) is 21.6 Å². The molecule has 0 spiro atoms. The number of benzene rings is 2. The fourth-order valence-electron chi connectivity index (χ4n) is 2.77. The van der Waals surface area contributed by atoms with E-state index in [2.05, 4.69) is 9.97 Å². The van der Waals surface area contributed by atoms with Gasteiger partial charge < -0.3 is 20.1 Å². The van der Waals surface area contributed by atoms with E-state index in [1.165, 1.54) is 0 Å². The van der Waals surface area contributed by atoms with Crippen molar-refractivity contribution in [2.45, 2.75) is 0 Å². The fraction of sp³-hybridized carbons (Fsp3) is 0.158. The molecule has 1 aromatic heterocycles. The third-order valence-corrected chi connectivity index (χ3v) is 4.10. The molecule has 0 aliphatic carbocycles. The third-order valence-electron chi connectivity index (χ3n) is 4.10. The summed E-state index contributed by atoms with van der Waals surface area (Å²) < 4.78 is 25.5. The Kier molecular flexibility index (Phi) is 4.04. The van der Waals surface area contributed by atoms with Crippen molar-refractivity contribution in [2.24, 2.45) is 0 Å². The van der Waals surface area contributed by atoms with Gasteiger partial charge in [-0.2, -0.15) is 0 Å². The van der Waals surface area contributed by atoms with Crippen molar-refractivity contribution >= 4 is 17.2 Å². The smallest absolute Gasteiger partial charge is 0.184 e. The lowest BCUT2D eigenvalue weighted by Gasteiger charge is -2.23. The predicted molar refractivity (Wildman–Crippen MR) is 97.3 cm³/mol. The molecule has 0 atom stereocenters. The second-order valence-corrected chi connectivity index (χ2v) is 5.88. The maximum absolute atomic E-state index is 14.4. The average molecular weight is 352 g/mol. The van der Waals surface area contributed by atoms with Gasteiger partial charge in [-0.15, -0.1) is 0 Å². The van der Waals surface area contributed by atoms with Crippen LogP contribution in [0, 0.1) is 5.82 Å². The van der Waals surface area contributed by atoms with Crippen LogP contribution >= 0.6 is 0 Å². The number of nitrogens with zero attached hydrogens (tertiary/aromatic N) is 3. The molecule has 3 aromatic rings. The minimum Gasteiger partial charge on any atom is -0.486 e. The van der Waals surface area contributed by atoms with Gasteiger partial charge in [0.25, 0.3) is 0 Å². The molecule has 26 heavy (non-hydrogen) atoms. The van der Waals surface area contributed by atoms with Gasteiger partial charge in [-0.3, -0.25) is 0 Å². The number of nitrogens with two attached hydrogens (primary N) is 1. The highest BCUT2D eigenvalue weighted by molar-refractivity contribution is 5.67. The van der Waals surface area contributed by atoms with E-state index in [9.17, 15) is 4.39 Å². The lowest BCUT2D eigenvalue weighted by molar-refractivity contribution is 0.171. The second-order valence-electron chi connectivity index (χ2n) is 5.88. The van der Waals surface area contributed by atoms with Crippen LogP contribution in [0.3, 0.4) is 0 Å². The zero-order valence-corrected chi connectivity index (χ0v) is 14.1. The Hall–Kier alpha value is -3.35. The quantitative estimate of drug-likeness (QED) is 0.728.